The standard InChI is InChI=1S/C16H21N/c1-2-6-13(7-3-1)12-14-8-4-5-9-16(14)17-15-10-11-15/h1-3,6-7,12,15-17H,4-5,8-11H2. The van der Waals surface area contributed by atoms with Gasteiger partial charge in [0.25, 0.3) is 0 Å². The maximum atomic E-state index is 3.79. The third kappa shape index (κ3) is 2.98. The highest BCUT2D eigenvalue weighted by Gasteiger charge is 2.27. The number of benzene rings is 1. The van der Waals surface area contributed by atoms with Gasteiger partial charge in [0, 0.05) is 12.1 Å². The Balaban J connectivity index is 1.75. The Bertz CT molecular complexity index is 389. The minimum Gasteiger partial charge on any atom is -0.307 e. The normalized spacial score (nSPS) is 27.3. The van der Waals surface area contributed by atoms with Gasteiger partial charge in [0.2, 0.25) is 0 Å². The Kier molecular flexibility index (Phi) is 3.28. The molecule has 2 fully saturated rings. The van der Waals surface area contributed by atoms with Crippen molar-refractivity contribution < 1.29 is 0 Å². The predicted molar refractivity (Wildman–Crippen MR) is 72.8 cm³/mol. The second-order valence-electron chi connectivity index (χ2n) is 5.37. The van der Waals surface area contributed by atoms with Crippen molar-refractivity contribution in [1.29, 1.82) is 0 Å². The van der Waals surface area contributed by atoms with E-state index < -0.39 is 0 Å². The lowest BCUT2D eigenvalue weighted by molar-refractivity contribution is 0.454. The van der Waals surface area contributed by atoms with Crippen molar-refractivity contribution in [3.05, 3.63) is 41.5 Å². The predicted octanol–water partition coefficient (Wildman–Crippen LogP) is 3.76. The minimum atomic E-state index is 0.649. The summed E-state index contributed by atoms with van der Waals surface area (Å²) in [6.45, 7) is 0. The van der Waals surface area contributed by atoms with Gasteiger partial charge in [-0.05, 0) is 37.7 Å². The van der Waals surface area contributed by atoms with E-state index in [1.165, 1.54) is 44.1 Å². The molecule has 1 nitrogen and oxygen atoms in total. The lowest BCUT2D eigenvalue weighted by Gasteiger charge is -2.26. The summed E-state index contributed by atoms with van der Waals surface area (Å²) in [5.74, 6) is 0. The molecule has 0 amide bonds. The van der Waals surface area contributed by atoms with Gasteiger partial charge in [0.05, 0.1) is 0 Å². The second kappa shape index (κ2) is 5.05. The van der Waals surface area contributed by atoms with Gasteiger partial charge >= 0.3 is 0 Å². The van der Waals surface area contributed by atoms with E-state index in [0.29, 0.717) is 6.04 Å². The van der Waals surface area contributed by atoms with E-state index in [4.69, 9.17) is 0 Å². The van der Waals surface area contributed by atoms with Crippen LogP contribution in [0, 0.1) is 0 Å². The Morgan fingerprint density at radius 3 is 2.59 bits per heavy atom. The molecule has 1 atom stereocenters. The van der Waals surface area contributed by atoms with Crippen molar-refractivity contribution in [1.82, 2.24) is 5.32 Å². The van der Waals surface area contributed by atoms with E-state index in [2.05, 4.69) is 41.7 Å². The summed E-state index contributed by atoms with van der Waals surface area (Å²) in [7, 11) is 0. The van der Waals surface area contributed by atoms with Crippen molar-refractivity contribution >= 4 is 6.08 Å². The molecule has 90 valence electrons. The first-order valence-corrected chi connectivity index (χ1v) is 6.93. The molecule has 2 aliphatic carbocycles. The molecule has 0 bridgehead atoms. The highest BCUT2D eigenvalue weighted by atomic mass is 15.0. The Morgan fingerprint density at radius 2 is 1.82 bits per heavy atom. The molecule has 2 aliphatic rings. The highest BCUT2D eigenvalue weighted by Crippen LogP contribution is 2.29. The number of hydrogen-bond acceptors (Lipinski definition) is 1. The van der Waals surface area contributed by atoms with E-state index >= 15 is 0 Å². The average Bonchev–Trinajstić information content (AvgIpc) is 3.17. The van der Waals surface area contributed by atoms with E-state index in [0.717, 1.165) is 6.04 Å². The van der Waals surface area contributed by atoms with Crippen LogP contribution in [0.15, 0.2) is 35.9 Å². The second-order valence-corrected chi connectivity index (χ2v) is 5.37. The summed E-state index contributed by atoms with van der Waals surface area (Å²) < 4.78 is 0. The molecule has 1 aromatic carbocycles. The van der Waals surface area contributed by atoms with Gasteiger partial charge in [-0.3, -0.25) is 0 Å². The van der Waals surface area contributed by atoms with Gasteiger partial charge < -0.3 is 5.32 Å². The van der Waals surface area contributed by atoms with Crippen molar-refractivity contribution in [2.45, 2.75) is 50.6 Å². The highest BCUT2D eigenvalue weighted by molar-refractivity contribution is 5.54. The number of hydrogen-bond donors (Lipinski definition) is 1. The lowest BCUT2D eigenvalue weighted by Crippen LogP contribution is -2.34. The van der Waals surface area contributed by atoms with Crippen LogP contribution in [0.4, 0.5) is 0 Å². The zero-order chi connectivity index (χ0) is 11.5. The number of nitrogens with one attached hydrogen (secondary N) is 1. The van der Waals surface area contributed by atoms with Gasteiger partial charge in [0.1, 0.15) is 0 Å². The molecule has 0 aromatic heterocycles. The molecule has 0 saturated heterocycles. The molecule has 0 radical (unpaired) electrons. The first-order valence-electron chi connectivity index (χ1n) is 6.93. The molecular weight excluding hydrogens is 206 g/mol. The van der Waals surface area contributed by atoms with E-state index in [9.17, 15) is 0 Å². The zero-order valence-electron chi connectivity index (χ0n) is 10.4. The fraction of sp³-hybridized carbons (Fsp3) is 0.500. The quantitative estimate of drug-likeness (QED) is 0.829. The molecule has 0 spiro atoms. The van der Waals surface area contributed by atoms with Crippen LogP contribution in [-0.2, 0) is 0 Å². The van der Waals surface area contributed by atoms with E-state index in [1.54, 1.807) is 5.57 Å². The van der Waals surface area contributed by atoms with Gasteiger partial charge in [-0.15, -0.1) is 0 Å². The maximum Gasteiger partial charge on any atom is 0.0285 e. The van der Waals surface area contributed by atoms with Crippen LogP contribution >= 0.6 is 0 Å². The molecule has 2 saturated carbocycles. The molecule has 0 aliphatic heterocycles. The Hall–Kier alpha value is -1.08. The van der Waals surface area contributed by atoms with Crippen LogP contribution in [-0.4, -0.2) is 12.1 Å². The summed E-state index contributed by atoms with van der Waals surface area (Å²) in [6.07, 6.45) is 10.5. The first-order chi connectivity index (χ1) is 8.42. The fourth-order valence-corrected chi connectivity index (χ4v) is 2.70. The Morgan fingerprint density at radius 1 is 1.00 bits per heavy atom. The van der Waals surface area contributed by atoms with Crippen molar-refractivity contribution in [3.63, 3.8) is 0 Å². The summed E-state index contributed by atoms with van der Waals surface area (Å²) >= 11 is 0. The molecule has 0 heterocycles. The van der Waals surface area contributed by atoms with Crippen LogP contribution in [0.2, 0.25) is 0 Å². The van der Waals surface area contributed by atoms with Gasteiger partial charge in [0.15, 0.2) is 0 Å². The minimum absolute atomic E-state index is 0.649. The molecule has 1 aromatic rings. The van der Waals surface area contributed by atoms with Gasteiger partial charge in [-0.25, -0.2) is 0 Å². The first kappa shape index (κ1) is 11.0. The number of rotatable bonds is 3. The summed E-state index contributed by atoms with van der Waals surface area (Å²) in [5, 5.41) is 3.79. The van der Waals surface area contributed by atoms with Crippen molar-refractivity contribution in [2.75, 3.05) is 0 Å². The van der Waals surface area contributed by atoms with Crippen LogP contribution in [0.25, 0.3) is 6.08 Å². The zero-order valence-corrected chi connectivity index (χ0v) is 10.4. The SMILES string of the molecule is C(=C1CCCCC1NC1CC1)c1ccccc1. The molecule has 1 heteroatoms. The van der Waals surface area contributed by atoms with Gasteiger partial charge in [-0.2, -0.15) is 0 Å². The monoisotopic (exact) mass is 227 g/mol. The maximum absolute atomic E-state index is 3.79. The molecule has 17 heavy (non-hydrogen) atoms. The van der Waals surface area contributed by atoms with Crippen LogP contribution < -0.4 is 5.32 Å². The molecule has 3 rings (SSSR count). The largest absolute Gasteiger partial charge is 0.307 e. The Labute approximate surface area is 104 Å². The molecule has 1 N–H and O–H groups in total. The van der Waals surface area contributed by atoms with Crippen molar-refractivity contribution in [3.8, 4) is 0 Å². The molecular formula is C16H21N. The summed E-state index contributed by atoms with van der Waals surface area (Å²) in [6, 6.07) is 12.2. The van der Waals surface area contributed by atoms with Crippen molar-refractivity contribution in [2.24, 2.45) is 0 Å². The average molecular weight is 227 g/mol. The van der Waals surface area contributed by atoms with Crippen LogP contribution in [0.5, 0.6) is 0 Å². The lowest BCUT2D eigenvalue weighted by atomic mass is 9.88. The van der Waals surface area contributed by atoms with E-state index in [-0.39, 0.29) is 0 Å². The third-order valence-electron chi connectivity index (χ3n) is 3.82. The molecule has 1 unspecified atom stereocenters. The third-order valence-corrected chi connectivity index (χ3v) is 3.82. The van der Waals surface area contributed by atoms with Crippen LogP contribution in [0.1, 0.15) is 44.1 Å². The summed E-state index contributed by atoms with van der Waals surface area (Å²) in [5.41, 5.74) is 2.97. The topological polar surface area (TPSA) is 12.0 Å². The fourth-order valence-electron chi connectivity index (χ4n) is 2.70. The van der Waals surface area contributed by atoms with Gasteiger partial charge in [-0.1, -0.05) is 48.4 Å². The van der Waals surface area contributed by atoms with Crippen LogP contribution in [0.3, 0.4) is 0 Å². The smallest absolute Gasteiger partial charge is 0.0285 e. The summed E-state index contributed by atoms with van der Waals surface area (Å²) in [4.78, 5) is 0. The van der Waals surface area contributed by atoms with E-state index in [1.807, 2.05) is 0 Å².